The maximum absolute atomic E-state index is 5.86. The van der Waals surface area contributed by atoms with E-state index in [9.17, 15) is 0 Å². The van der Waals surface area contributed by atoms with E-state index in [1.165, 1.54) is 0 Å². The van der Waals surface area contributed by atoms with Crippen molar-refractivity contribution in [2.45, 2.75) is 33.7 Å². The van der Waals surface area contributed by atoms with Crippen LogP contribution in [0.5, 0.6) is 0 Å². The van der Waals surface area contributed by atoms with Crippen LogP contribution >= 0.6 is 12.2 Å². The lowest BCUT2D eigenvalue weighted by Crippen LogP contribution is -2.38. The number of anilines is 1. The number of nitrogens with two attached hydrogens (primary N) is 1. The smallest absolute Gasteiger partial charge is 0.162 e. The molecule has 1 unspecified atom stereocenters. The summed E-state index contributed by atoms with van der Waals surface area (Å²) < 4.78 is 5.21. The molecule has 0 amide bonds. The maximum atomic E-state index is 5.86. The van der Waals surface area contributed by atoms with Gasteiger partial charge >= 0.3 is 0 Å². The number of likely N-dealkylation sites (N-methyl/N-ethyl adjacent to an activating group) is 1. The molecule has 1 rings (SSSR count). The first-order chi connectivity index (χ1) is 8.93. The van der Waals surface area contributed by atoms with Gasteiger partial charge in [-0.3, -0.25) is 0 Å². The van der Waals surface area contributed by atoms with Gasteiger partial charge in [-0.25, -0.2) is 0 Å². The molecular formula is C13H22N4OS. The van der Waals surface area contributed by atoms with E-state index < -0.39 is 0 Å². The molecule has 2 N–H and O–H groups in total. The third-order valence-electron chi connectivity index (χ3n) is 3.24. The van der Waals surface area contributed by atoms with Crippen molar-refractivity contribution in [3.8, 4) is 0 Å². The number of hydrogen-bond acceptors (Lipinski definition) is 5. The molecule has 0 aromatic carbocycles. The van der Waals surface area contributed by atoms with Gasteiger partial charge in [0.25, 0.3) is 0 Å². The Hall–Kier alpha value is -1.27. The molecule has 6 heteroatoms. The number of methoxy groups -OCH3 is 1. The zero-order valence-electron chi connectivity index (χ0n) is 12.2. The average Bonchev–Trinajstić information content (AvgIpc) is 2.34. The van der Waals surface area contributed by atoms with Crippen molar-refractivity contribution in [2.24, 2.45) is 5.73 Å². The summed E-state index contributed by atoms with van der Waals surface area (Å²) in [7, 11) is 1.69. The molecule has 1 atom stereocenters. The molecule has 0 aliphatic heterocycles. The van der Waals surface area contributed by atoms with Crippen LogP contribution in [0.25, 0.3) is 0 Å². The highest BCUT2D eigenvalue weighted by atomic mass is 32.1. The molecule has 1 aromatic heterocycles. The summed E-state index contributed by atoms with van der Waals surface area (Å²) in [4.78, 5) is 2.46. The maximum Gasteiger partial charge on any atom is 0.162 e. The van der Waals surface area contributed by atoms with Crippen LogP contribution in [0.3, 0.4) is 0 Å². The Morgan fingerprint density at radius 1 is 1.42 bits per heavy atom. The number of rotatable bonds is 6. The Morgan fingerprint density at radius 3 is 2.53 bits per heavy atom. The summed E-state index contributed by atoms with van der Waals surface area (Å²) in [6.45, 7) is 9.41. The van der Waals surface area contributed by atoms with Gasteiger partial charge in [0.2, 0.25) is 0 Å². The van der Waals surface area contributed by atoms with Gasteiger partial charge in [0.05, 0.1) is 23.9 Å². The predicted octanol–water partition coefficient (Wildman–Crippen LogP) is 1.59. The first-order valence-electron chi connectivity index (χ1n) is 6.33. The minimum absolute atomic E-state index is 0.180. The number of aromatic nitrogens is 2. The van der Waals surface area contributed by atoms with Gasteiger partial charge in [0, 0.05) is 13.7 Å². The monoisotopic (exact) mass is 282 g/mol. The van der Waals surface area contributed by atoms with Gasteiger partial charge in [0.1, 0.15) is 4.99 Å². The Kier molecular flexibility index (Phi) is 5.62. The second-order valence-electron chi connectivity index (χ2n) is 4.56. The van der Waals surface area contributed by atoms with Crippen molar-refractivity contribution in [3.05, 3.63) is 16.8 Å². The highest BCUT2D eigenvalue weighted by molar-refractivity contribution is 7.80. The molecule has 106 valence electrons. The topological polar surface area (TPSA) is 64.3 Å². The Morgan fingerprint density at radius 2 is 2.05 bits per heavy atom. The minimum Gasteiger partial charge on any atom is -0.389 e. The molecule has 0 fully saturated rings. The lowest BCUT2D eigenvalue weighted by atomic mass is 10.1. The molecule has 0 radical (unpaired) electrons. The highest BCUT2D eigenvalue weighted by Crippen LogP contribution is 2.23. The van der Waals surface area contributed by atoms with Crippen molar-refractivity contribution in [1.82, 2.24) is 10.2 Å². The van der Waals surface area contributed by atoms with Gasteiger partial charge in [-0.15, -0.1) is 5.10 Å². The number of aryl methyl sites for hydroxylation is 1. The zero-order chi connectivity index (χ0) is 14.6. The first kappa shape index (κ1) is 15.8. The van der Waals surface area contributed by atoms with E-state index in [0.29, 0.717) is 11.6 Å². The molecule has 5 nitrogen and oxygen atoms in total. The second-order valence-corrected chi connectivity index (χ2v) is 5.00. The SMILES string of the molecule is CCN(c1nnc(C)c(C)c1C(N)=S)C(C)COC. The van der Waals surface area contributed by atoms with Crippen LogP contribution in [0.2, 0.25) is 0 Å². The van der Waals surface area contributed by atoms with E-state index in [2.05, 4.69) is 28.9 Å². The fourth-order valence-electron chi connectivity index (χ4n) is 2.09. The van der Waals surface area contributed by atoms with Crippen molar-refractivity contribution in [1.29, 1.82) is 0 Å². The number of ether oxygens (including phenoxy) is 1. The third-order valence-corrected chi connectivity index (χ3v) is 3.44. The molecule has 0 bridgehead atoms. The lowest BCUT2D eigenvalue weighted by Gasteiger charge is -2.30. The molecule has 0 aliphatic carbocycles. The van der Waals surface area contributed by atoms with Gasteiger partial charge in [-0.05, 0) is 33.3 Å². The van der Waals surface area contributed by atoms with Gasteiger partial charge in [-0.2, -0.15) is 5.10 Å². The summed E-state index contributed by atoms with van der Waals surface area (Å²) >= 11 is 5.17. The summed E-state index contributed by atoms with van der Waals surface area (Å²) in [5, 5.41) is 8.47. The van der Waals surface area contributed by atoms with Crippen molar-refractivity contribution in [2.75, 3.05) is 25.2 Å². The third kappa shape index (κ3) is 3.39. The Balaban J connectivity index is 3.31. The molecule has 0 saturated carbocycles. The number of thiocarbonyl (C=S) groups is 1. The summed E-state index contributed by atoms with van der Waals surface area (Å²) in [5.41, 5.74) is 8.50. The first-order valence-corrected chi connectivity index (χ1v) is 6.74. The van der Waals surface area contributed by atoms with E-state index >= 15 is 0 Å². The van der Waals surface area contributed by atoms with Crippen LogP contribution in [0.1, 0.15) is 30.7 Å². The average molecular weight is 282 g/mol. The minimum atomic E-state index is 0.180. The van der Waals surface area contributed by atoms with Gasteiger partial charge in [0.15, 0.2) is 5.82 Å². The summed E-state index contributed by atoms with van der Waals surface area (Å²) in [5.74, 6) is 0.739. The fourth-order valence-corrected chi connectivity index (χ4v) is 2.34. The molecule has 19 heavy (non-hydrogen) atoms. The van der Waals surface area contributed by atoms with Crippen LogP contribution in [0.4, 0.5) is 5.82 Å². The standard InChI is InChI=1S/C13H22N4OS/c1-6-17(8(2)7-18-5)13-11(12(14)19)9(3)10(4)15-16-13/h8H,6-7H2,1-5H3,(H2,14,19). The predicted molar refractivity (Wildman–Crippen MR) is 81.8 cm³/mol. The van der Waals surface area contributed by atoms with Gasteiger partial charge in [-0.1, -0.05) is 12.2 Å². The van der Waals surface area contributed by atoms with Crippen molar-refractivity contribution >= 4 is 23.0 Å². The van der Waals surface area contributed by atoms with E-state index in [1.807, 2.05) is 13.8 Å². The summed E-state index contributed by atoms with van der Waals surface area (Å²) in [6, 6.07) is 0.180. The van der Waals surface area contributed by atoms with Crippen LogP contribution in [-0.4, -0.2) is 41.5 Å². The lowest BCUT2D eigenvalue weighted by molar-refractivity contribution is 0.181. The van der Waals surface area contributed by atoms with Crippen LogP contribution in [0.15, 0.2) is 0 Å². The second kappa shape index (κ2) is 6.77. The highest BCUT2D eigenvalue weighted by Gasteiger charge is 2.21. The van der Waals surface area contributed by atoms with E-state index in [4.69, 9.17) is 22.7 Å². The van der Waals surface area contributed by atoms with Gasteiger partial charge < -0.3 is 15.4 Å². The van der Waals surface area contributed by atoms with Crippen molar-refractivity contribution < 1.29 is 4.74 Å². The zero-order valence-corrected chi connectivity index (χ0v) is 13.0. The summed E-state index contributed by atoms with van der Waals surface area (Å²) in [6.07, 6.45) is 0. The Labute approximate surface area is 120 Å². The number of nitrogens with zero attached hydrogens (tertiary/aromatic N) is 3. The number of hydrogen-bond donors (Lipinski definition) is 1. The van der Waals surface area contributed by atoms with Crippen LogP contribution in [-0.2, 0) is 4.74 Å². The fraction of sp³-hybridized carbons (Fsp3) is 0.615. The molecule has 0 spiro atoms. The molecule has 0 saturated heterocycles. The Bertz CT molecular complexity index is 464. The molecule has 0 aliphatic rings. The molecule has 1 aromatic rings. The molecule has 1 heterocycles. The van der Waals surface area contributed by atoms with E-state index in [0.717, 1.165) is 29.2 Å². The molecular weight excluding hydrogens is 260 g/mol. The van der Waals surface area contributed by atoms with Crippen LogP contribution in [0, 0.1) is 13.8 Å². The van der Waals surface area contributed by atoms with E-state index in [-0.39, 0.29) is 6.04 Å². The quantitative estimate of drug-likeness (QED) is 0.799. The normalized spacial score (nSPS) is 12.3. The van der Waals surface area contributed by atoms with E-state index in [1.54, 1.807) is 7.11 Å². The van der Waals surface area contributed by atoms with Crippen LogP contribution < -0.4 is 10.6 Å². The largest absolute Gasteiger partial charge is 0.389 e. The van der Waals surface area contributed by atoms with Crippen molar-refractivity contribution in [3.63, 3.8) is 0 Å².